The summed E-state index contributed by atoms with van der Waals surface area (Å²) in [6, 6.07) is 28.1. The first-order valence-corrected chi connectivity index (χ1v) is 11.2. The van der Waals surface area contributed by atoms with Gasteiger partial charge in [0.15, 0.2) is 0 Å². The molecule has 4 aromatic rings. The molecule has 0 aliphatic rings. The number of rotatable bonds is 6. The summed E-state index contributed by atoms with van der Waals surface area (Å²) in [6.07, 6.45) is 0. The standard InChI is InChI=1S/C27H26N2OS/c1-18-14-16-23(17-15-18)28-25(21-10-6-4-7-11-21)24-19(2)20(3)31-27(24)29-26(30)22-12-8-5-9-13-22/h4-17,25,28H,1-3H3,(H,29,30)/t25-/m0/s1. The first kappa shape index (κ1) is 20.9. The largest absolute Gasteiger partial charge is 0.374 e. The molecule has 0 saturated carbocycles. The Bertz CT molecular complexity index is 1170. The molecule has 0 saturated heterocycles. The summed E-state index contributed by atoms with van der Waals surface area (Å²) in [5, 5.41) is 7.76. The number of hydrogen-bond donors (Lipinski definition) is 2. The molecule has 1 atom stereocenters. The molecule has 31 heavy (non-hydrogen) atoms. The Morgan fingerprint density at radius 1 is 0.806 bits per heavy atom. The number of aryl methyl sites for hydroxylation is 2. The van der Waals surface area contributed by atoms with E-state index in [-0.39, 0.29) is 11.9 Å². The topological polar surface area (TPSA) is 41.1 Å². The average Bonchev–Trinajstić information content (AvgIpc) is 3.07. The van der Waals surface area contributed by atoms with Gasteiger partial charge in [0.05, 0.1) is 6.04 Å². The Balaban J connectivity index is 1.75. The van der Waals surface area contributed by atoms with E-state index in [9.17, 15) is 4.79 Å². The zero-order chi connectivity index (χ0) is 21.8. The molecule has 4 rings (SSSR count). The molecule has 1 amide bonds. The summed E-state index contributed by atoms with van der Waals surface area (Å²) in [5.41, 5.74) is 6.38. The lowest BCUT2D eigenvalue weighted by Crippen LogP contribution is -2.17. The second-order valence-electron chi connectivity index (χ2n) is 7.70. The summed E-state index contributed by atoms with van der Waals surface area (Å²) in [6.45, 7) is 6.32. The molecule has 0 bridgehead atoms. The van der Waals surface area contributed by atoms with Crippen LogP contribution in [0.15, 0.2) is 84.9 Å². The number of carbonyl (C=O) groups excluding carboxylic acids is 1. The van der Waals surface area contributed by atoms with E-state index >= 15 is 0 Å². The molecule has 156 valence electrons. The zero-order valence-electron chi connectivity index (χ0n) is 18.0. The van der Waals surface area contributed by atoms with Crippen molar-refractivity contribution >= 4 is 27.9 Å². The third kappa shape index (κ3) is 4.70. The van der Waals surface area contributed by atoms with E-state index < -0.39 is 0 Å². The molecule has 3 nitrogen and oxygen atoms in total. The van der Waals surface area contributed by atoms with Crippen molar-refractivity contribution in [2.45, 2.75) is 26.8 Å². The van der Waals surface area contributed by atoms with Gasteiger partial charge in [-0.05, 0) is 56.2 Å². The van der Waals surface area contributed by atoms with Gasteiger partial charge in [-0.1, -0.05) is 66.2 Å². The van der Waals surface area contributed by atoms with Gasteiger partial charge in [-0.2, -0.15) is 0 Å². The Morgan fingerprint density at radius 2 is 1.42 bits per heavy atom. The zero-order valence-corrected chi connectivity index (χ0v) is 18.8. The molecule has 0 fully saturated rings. The first-order chi connectivity index (χ1) is 15.0. The Morgan fingerprint density at radius 3 is 2.06 bits per heavy atom. The molecule has 0 radical (unpaired) electrons. The third-order valence-corrected chi connectivity index (χ3v) is 6.62. The maximum Gasteiger partial charge on any atom is 0.256 e. The van der Waals surface area contributed by atoms with E-state index in [1.807, 2.05) is 36.4 Å². The number of amides is 1. The monoisotopic (exact) mass is 426 g/mol. The van der Waals surface area contributed by atoms with E-state index in [0.717, 1.165) is 21.8 Å². The fourth-order valence-corrected chi connectivity index (χ4v) is 4.73. The molecule has 0 aliphatic heterocycles. The Kier molecular flexibility index (Phi) is 6.19. The van der Waals surface area contributed by atoms with Crippen LogP contribution in [-0.4, -0.2) is 5.91 Å². The molecule has 2 N–H and O–H groups in total. The Labute approximate surface area is 187 Å². The second-order valence-corrected chi connectivity index (χ2v) is 8.93. The average molecular weight is 427 g/mol. The fraction of sp³-hybridized carbons (Fsp3) is 0.148. The van der Waals surface area contributed by atoms with E-state index in [2.05, 4.69) is 79.9 Å². The van der Waals surface area contributed by atoms with Gasteiger partial charge in [-0.25, -0.2) is 0 Å². The minimum Gasteiger partial charge on any atom is -0.374 e. The number of benzene rings is 3. The lowest BCUT2D eigenvalue weighted by molar-refractivity contribution is 0.102. The summed E-state index contributed by atoms with van der Waals surface area (Å²) >= 11 is 1.63. The number of thiophene rings is 1. The van der Waals surface area contributed by atoms with Gasteiger partial charge in [0.25, 0.3) is 5.91 Å². The summed E-state index contributed by atoms with van der Waals surface area (Å²) in [7, 11) is 0. The van der Waals surface area contributed by atoms with Crippen molar-refractivity contribution in [3.8, 4) is 0 Å². The van der Waals surface area contributed by atoms with Gasteiger partial charge >= 0.3 is 0 Å². The Hall–Kier alpha value is -3.37. The first-order valence-electron chi connectivity index (χ1n) is 10.4. The highest BCUT2D eigenvalue weighted by atomic mass is 32.1. The normalized spacial score (nSPS) is 11.7. The summed E-state index contributed by atoms with van der Waals surface area (Å²) in [5.74, 6) is -0.0924. The van der Waals surface area contributed by atoms with Crippen molar-refractivity contribution in [2.75, 3.05) is 10.6 Å². The van der Waals surface area contributed by atoms with Crippen LogP contribution >= 0.6 is 11.3 Å². The maximum absolute atomic E-state index is 12.9. The molecular weight excluding hydrogens is 400 g/mol. The highest BCUT2D eigenvalue weighted by molar-refractivity contribution is 7.16. The fourth-order valence-electron chi connectivity index (χ4n) is 3.63. The van der Waals surface area contributed by atoms with Crippen molar-refractivity contribution in [3.63, 3.8) is 0 Å². The number of nitrogens with one attached hydrogen (secondary N) is 2. The second kappa shape index (κ2) is 9.19. The smallest absolute Gasteiger partial charge is 0.256 e. The quantitative estimate of drug-likeness (QED) is 0.344. The van der Waals surface area contributed by atoms with Crippen LogP contribution in [-0.2, 0) is 0 Å². The summed E-state index contributed by atoms with van der Waals surface area (Å²) in [4.78, 5) is 14.1. The van der Waals surface area contributed by atoms with Crippen molar-refractivity contribution < 1.29 is 4.79 Å². The minimum atomic E-state index is -0.0924. The van der Waals surface area contributed by atoms with Crippen LogP contribution in [0.4, 0.5) is 10.7 Å². The molecule has 0 unspecified atom stereocenters. The van der Waals surface area contributed by atoms with Gasteiger partial charge in [0.2, 0.25) is 0 Å². The van der Waals surface area contributed by atoms with Gasteiger partial charge in [0.1, 0.15) is 5.00 Å². The van der Waals surface area contributed by atoms with Gasteiger partial charge in [0, 0.05) is 21.7 Å². The van der Waals surface area contributed by atoms with Gasteiger partial charge in [-0.3, -0.25) is 4.79 Å². The molecule has 0 aliphatic carbocycles. The highest BCUT2D eigenvalue weighted by Crippen LogP contribution is 2.41. The molecule has 0 spiro atoms. The predicted molar refractivity (Wildman–Crippen MR) is 131 cm³/mol. The third-order valence-electron chi connectivity index (χ3n) is 5.48. The van der Waals surface area contributed by atoms with Crippen LogP contribution < -0.4 is 10.6 Å². The SMILES string of the molecule is Cc1ccc(N[C@@H](c2ccccc2)c2c(NC(=O)c3ccccc3)sc(C)c2C)cc1. The molecule has 1 heterocycles. The molecular formula is C27H26N2OS. The van der Waals surface area contributed by atoms with Crippen molar-refractivity contribution in [1.82, 2.24) is 0 Å². The number of hydrogen-bond acceptors (Lipinski definition) is 3. The van der Waals surface area contributed by atoms with Crippen LogP contribution in [0, 0.1) is 20.8 Å². The summed E-state index contributed by atoms with van der Waals surface area (Å²) < 4.78 is 0. The number of anilines is 2. The van der Waals surface area contributed by atoms with Gasteiger partial charge in [-0.15, -0.1) is 11.3 Å². The van der Waals surface area contributed by atoms with E-state index in [0.29, 0.717) is 5.56 Å². The number of carbonyl (C=O) groups is 1. The lowest BCUT2D eigenvalue weighted by Gasteiger charge is -2.23. The van der Waals surface area contributed by atoms with Crippen LogP contribution in [0.3, 0.4) is 0 Å². The van der Waals surface area contributed by atoms with Crippen LogP contribution in [0.5, 0.6) is 0 Å². The maximum atomic E-state index is 12.9. The van der Waals surface area contributed by atoms with Crippen molar-refractivity contribution in [2.24, 2.45) is 0 Å². The van der Waals surface area contributed by atoms with Crippen LogP contribution in [0.25, 0.3) is 0 Å². The predicted octanol–water partition coefficient (Wildman–Crippen LogP) is 7.13. The van der Waals surface area contributed by atoms with Crippen molar-refractivity contribution in [3.05, 3.63) is 118 Å². The van der Waals surface area contributed by atoms with E-state index in [1.165, 1.54) is 16.0 Å². The molecule has 3 aromatic carbocycles. The van der Waals surface area contributed by atoms with Crippen LogP contribution in [0.2, 0.25) is 0 Å². The minimum absolute atomic E-state index is 0.0834. The van der Waals surface area contributed by atoms with Gasteiger partial charge < -0.3 is 10.6 Å². The highest BCUT2D eigenvalue weighted by Gasteiger charge is 2.24. The molecule has 4 heteroatoms. The molecule has 1 aromatic heterocycles. The van der Waals surface area contributed by atoms with E-state index in [1.54, 1.807) is 11.3 Å². The van der Waals surface area contributed by atoms with Crippen LogP contribution in [0.1, 0.15) is 43.5 Å². The van der Waals surface area contributed by atoms with E-state index in [4.69, 9.17) is 0 Å². The lowest BCUT2D eigenvalue weighted by atomic mass is 9.96. The van der Waals surface area contributed by atoms with Crippen molar-refractivity contribution in [1.29, 1.82) is 0 Å².